The Morgan fingerprint density at radius 1 is 1.07 bits per heavy atom. The third kappa shape index (κ3) is 3.55. The molecule has 28 heavy (non-hydrogen) atoms. The molecule has 2 aliphatic rings. The van der Waals surface area contributed by atoms with E-state index in [9.17, 15) is 13.2 Å². The fourth-order valence-corrected chi connectivity index (χ4v) is 5.01. The Morgan fingerprint density at radius 2 is 1.86 bits per heavy atom. The molecule has 0 atom stereocenters. The van der Waals surface area contributed by atoms with Gasteiger partial charge < -0.3 is 15.0 Å². The Bertz CT molecular complexity index is 983. The number of ether oxygens (including phenoxy) is 1. The number of piperazine rings is 1. The average Bonchev–Trinajstić information content (AvgIpc) is 2.73. The van der Waals surface area contributed by atoms with Crippen LogP contribution in [-0.4, -0.2) is 56.9 Å². The number of carbonyl (C=O) groups is 1. The van der Waals surface area contributed by atoms with E-state index < -0.39 is 10.0 Å². The third-order valence-corrected chi connectivity index (χ3v) is 7.04. The Hall–Kier alpha value is -2.65. The van der Waals surface area contributed by atoms with E-state index in [0.717, 1.165) is 11.3 Å². The summed E-state index contributed by atoms with van der Waals surface area (Å²) in [5.41, 5.74) is 2.51. The number of nitrogens with zero attached hydrogens (tertiary/aromatic N) is 3. The summed E-state index contributed by atoms with van der Waals surface area (Å²) in [6.45, 7) is 1.99. The number of methoxy groups -OCH3 is 1. The van der Waals surface area contributed by atoms with Gasteiger partial charge in [0.2, 0.25) is 21.8 Å². The van der Waals surface area contributed by atoms with Gasteiger partial charge in [0, 0.05) is 44.4 Å². The quantitative estimate of drug-likeness (QED) is 0.833. The molecule has 1 N–H and O–H groups in total. The number of sulfonamides is 1. The van der Waals surface area contributed by atoms with Crippen LogP contribution in [0.2, 0.25) is 0 Å². The van der Waals surface area contributed by atoms with Gasteiger partial charge >= 0.3 is 0 Å². The van der Waals surface area contributed by atoms with Gasteiger partial charge in [0.05, 0.1) is 23.9 Å². The van der Waals surface area contributed by atoms with Crippen LogP contribution in [0.15, 0.2) is 41.4 Å². The van der Waals surface area contributed by atoms with E-state index in [0.29, 0.717) is 50.6 Å². The highest BCUT2D eigenvalue weighted by Crippen LogP contribution is 2.28. The highest BCUT2D eigenvalue weighted by Gasteiger charge is 2.29. The molecule has 2 aromatic rings. The summed E-state index contributed by atoms with van der Waals surface area (Å²) in [6, 6.07) is 8.65. The van der Waals surface area contributed by atoms with Gasteiger partial charge in [0.1, 0.15) is 0 Å². The first-order valence-corrected chi connectivity index (χ1v) is 10.6. The molecule has 0 spiro atoms. The monoisotopic (exact) mass is 402 g/mol. The molecule has 0 aliphatic carbocycles. The van der Waals surface area contributed by atoms with Crippen LogP contribution in [0.5, 0.6) is 5.88 Å². The van der Waals surface area contributed by atoms with Gasteiger partial charge in [0.15, 0.2) is 0 Å². The molecule has 1 aromatic carbocycles. The summed E-state index contributed by atoms with van der Waals surface area (Å²) in [4.78, 5) is 18.1. The molecule has 9 heteroatoms. The number of amides is 1. The molecule has 2 aliphatic heterocycles. The fraction of sp³-hybridized carbons (Fsp3) is 0.368. The molecule has 0 bridgehead atoms. The first-order valence-electron chi connectivity index (χ1n) is 9.15. The molecule has 0 saturated carbocycles. The third-order valence-electron chi connectivity index (χ3n) is 5.14. The lowest BCUT2D eigenvalue weighted by Gasteiger charge is -2.35. The lowest BCUT2D eigenvalue weighted by molar-refractivity contribution is -0.116. The molecule has 148 valence electrons. The van der Waals surface area contributed by atoms with Gasteiger partial charge in [-0.1, -0.05) is 0 Å². The maximum atomic E-state index is 13.1. The maximum Gasteiger partial charge on any atom is 0.243 e. The summed E-state index contributed by atoms with van der Waals surface area (Å²) < 4.78 is 32.7. The van der Waals surface area contributed by atoms with Gasteiger partial charge in [-0.25, -0.2) is 13.4 Å². The van der Waals surface area contributed by atoms with Crippen LogP contribution in [0.1, 0.15) is 12.0 Å². The number of anilines is 2. The van der Waals surface area contributed by atoms with Crippen LogP contribution in [0.3, 0.4) is 0 Å². The number of hydrogen-bond acceptors (Lipinski definition) is 6. The van der Waals surface area contributed by atoms with Crippen molar-refractivity contribution in [2.45, 2.75) is 17.7 Å². The molecule has 3 heterocycles. The summed E-state index contributed by atoms with van der Waals surface area (Å²) in [7, 11) is -2.00. The number of fused-ring (bicyclic) bond motifs is 1. The van der Waals surface area contributed by atoms with Gasteiger partial charge in [-0.2, -0.15) is 4.31 Å². The van der Waals surface area contributed by atoms with Crippen LogP contribution in [0.25, 0.3) is 0 Å². The number of aromatic nitrogens is 1. The molecule has 1 fully saturated rings. The van der Waals surface area contributed by atoms with Crippen LogP contribution in [-0.2, 0) is 21.2 Å². The summed E-state index contributed by atoms with van der Waals surface area (Å²) in [5.74, 6) is 0.515. The van der Waals surface area contributed by atoms with Crippen molar-refractivity contribution in [2.75, 3.05) is 43.5 Å². The van der Waals surface area contributed by atoms with Crippen LogP contribution in [0.4, 0.5) is 11.4 Å². The molecule has 1 saturated heterocycles. The van der Waals surface area contributed by atoms with Crippen molar-refractivity contribution in [3.05, 3.63) is 42.1 Å². The Labute approximate surface area is 164 Å². The highest BCUT2D eigenvalue weighted by molar-refractivity contribution is 7.89. The minimum Gasteiger partial charge on any atom is -0.481 e. The number of benzene rings is 1. The zero-order chi connectivity index (χ0) is 19.7. The minimum atomic E-state index is -3.57. The Balaban J connectivity index is 1.47. The van der Waals surface area contributed by atoms with Crippen LogP contribution in [0, 0.1) is 0 Å². The van der Waals surface area contributed by atoms with E-state index in [4.69, 9.17) is 4.74 Å². The topological polar surface area (TPSA) is 91.8 Å². The second-order valence-electron chi connectivity index (χ2n) is 6.82. The highest BCUT2D eigenvalue weighted by atomic mass is 32.2. The predicted molar refractivity (Wildman–Crippen MR) is 105 cm³/mol. The summed E-state index contributed by atoms with van der Waals surface area (Å²) >= 11 is 0. The van der Waals surface area contributed by atoms with Gasteiger partial charge in [-0.05, 0) is 36.2 Å². The van der Waals surface area contributed by atoms with Crippen LogP contribution < -0.4 is 15.0 Å². The number of aryl methyl sites for hydroxylation is 1. The smallest absolute Gasteiger partial charge is 0.243 e. The van der Waals surface area contributed by atoms with Gasteiger partial charge in [0.25, 0.3) is 0 Å². The first-order chi connectivity index (χ1) is 13.5. The Kier molecular flexibility index (Phi) is 4.94. The molecule has 1 aromatic heterocycles. The van der Waals surface area contributed by atoms with Crippen molar-refractivity contribution in [3.63, 3.8) is 0 Å². The normalized spacial score (nSPS) is 17.8. The van der Waals surface area contributed by atoms with E-state index in [1.807, 2.05) is 6.07 Å². The SMILES string of the molecule is COc1ccc(N2CCN(S(=O)(=O)c3ccc4c(c3)CCC(=O)N4)CC2)cn1. The number of pyridine rings is 1. The maximum absolute atomic E-state index is 13.1. The van der Waals surface area contributed by atoms with E-state index in [1.165, 1.54) is 4.31 Å². The molecular formula is C19H22N4O4S. The fourth-order valence-electron chi connectivity index (χ4n) is 3.54. The second-order valence-corrected chi connectivity index (χ2v) is 8.75. The van der Waals surface area contributed by atoms with E-state index in [-0.39, 0.29) is 10.8 Å². The standard InChI is InChI=1S/C19H22N4O4S/c1-27-19-7-3-15(13-20-19)22-8-10-23(11-9-22)28(25,26)16-4-5-17-14(12-16)2-6-18(24)21-17/h3-5,7,12-13H,2,6,8-11H2,1H3,(H,21,24). The van der Waals surface area contributed by atoms with Crippen molar-refractivity contribution < 1.29 is 17.9 Å². The summed E-state index contributed by atoms with van der Waals surface area (Å²) in [6.07, 6.45) is 2.68. The molecule has 1 amide bonds. The number of carbonyl (C=O) groups excluding carboxylic acids is 1. The lowest BCUT2D eigenvalue weighted by atomic mass is 10.0. The molecule has 0 unspecified atom stereocenters. The lowest BCUT2D eigenvalue weighted by Crippen LogP contribution is -2.48. The molecule has 0 radical (unpaired) electrons. The molecule has 4 rings (SSSR count). The van der Waals surface area contributed by atoms with Crippen molar-refractivity contribution in [1.82, 2.24) is 9.29 Å². The number of hydrogen-bond donors (Lipinski definition) is 1. The molecular weight excluding hydrogens is 380 g/mol. The zero-order valence-electron chi connectivity index (χ0n) is 15.6. The van der Waals surface area contributed by atoms with E-state index in [2.05, 4.69) is 15.2 Å². The largest absolute Gasteiger partial charge is 0.481 e. The predicted octanol–water partition coefficient (Wildman–Crippen LogP) is 1.49. The van der Waals surface area contributed by atoms with Crippen molar-refractivity contribution in [3.8, 4) is 5.88 Å². The van der Waals surface area contributed by atoms with Gasteiger partial charge in [-0.15, -0.1) is 0 Å². The minimum absolute atomic E-state index is 0.0350. The second kappa shape index (κ2) is 7.40. The van der Waals surface area contributed by atoms with E-state index in [1.54, 1.807) is 37.6 Å². The van der Waals surface area contributed by atoms with Crippen molar-refractivity contribution in [1.29, 1.82) is 0 Å². The Morgan fingerprint density at radius 3 is 2.54 bits per heavy atom. The molecule has 8 nitrogen and oxygen atoms in total. The first kappa shape index (κ1) is 18.7. The van der Waals surface area contributed by atoms with Crippen molar-refractivity contribution in [2.24, 2.45) is 0 Å². The number of nitrogens with one attached hydrogen (secondary N) is 1. The van der Waals surface area contributed by atoms with Crippen LogP contribution >= 0.6 is 0 Å². The van der Waals surface area contributed by atoms with E-state index >= 15 is 0 Å². The van der Waals surface area contributed by atoms with Gasteiger partial charge in [-0.3, -0.25) is 4.79 Å². The summed E-state index contributed by atoms with van der Waals surface area (Å²) in [5, 5.41) is 2.78. The zero-order valence-corrected chi connectivity index (χ0v) is 16.4. The number of rotatable bonds is 4. The van der Waals surface area contributed by atoms with Crippen molar-refractivity contribution >= 4 is 27.3 Å². The average molecular weight is 402 g/mol.